The quantitative estimate of drug-likeness (QED) is 0.827. The molecule has 2 N–H and O–H groups in total. The summed E-state index contributed by atoms with van der Waals surface area (Å²) in [6.07, 6.45) is 0. The van der Waals surface area contributed by atoms with Crippen LogP contribution in [-0.4, -0.2) is 6.04 Å². The van der Waals surface area contributed by atoms with E-state index >= 15 is 0 Å². The SMILES string of the molecule is CC(C)NCc1ccccc1Nc1ccccc1. The zero-order valence-electron chi connectivity index (χ0n) is 11.0. The van der Waals surface area contributed by atoms with Crippen LogP contribution in [0.3, 0.4) is 0 Å². The molecule has 0 aliphatic heterocycles. The zero-order chi connectivity index (χ0) is 12.8. The molecule has 0 radical (unpaired) electrons. The Labute approximate surface area is 109 Å². The second kappa shape index (κ2) is 6.22. The molecule has 0 atom stereocenters. The predicted octanol–water partition coefficient (Wildman–Crippen LogP) is 3.93. The van der Waals surface area contributed by atoms with Crippen molar-refractivity contribution in [3.8, 4) is 0 Å². The van der Waals surface area contributed by atoms with E-state index in [1.165, 1.54) is 5.56 Å². The van der Waals surface area contributed by atoms with Gasteiger partial charge in [0.25, 0.3) is 0 Å². The van der Waals surface area contributed by atoms with Crippen molar-refractivity contribution in [3.05, 3.63) is 60.2 Å². The summed E-state index contributed by atoms with van der Waals surface area (Å²) in [5.74, 6) is 0. The topological polar surface area (TPSA) is 24.1 Å². The normalized spacial score (nSPS) is 10.6. The first-order valence-electron chi connectivity index (χ1n) is 6.39. The van der Waals surface area contributed by atoms with Gasteiger partial charge in [0, 0.05) is 24.0 Å². The van der Waals surface area contributed by atoms with Gasteiger partial charge < -0.3 is 10.6 Å². The molecule has 0 aliphatic rings. The van der Waals surface area contributed by atoms with Gasteiger partial charge in [-0.05, 0) is 23.8 Å². The molecule has 2 heteroatoms. The summed E-state index contributed by atoms with van der Waals surface area (Å²) >= 11 is 0. The lowest BCUT2D eigenvalue weighted by molar-refractivity contribution is 0.589. The van der Waals surface area contributed by atoms with E-state index in [1.54, 1.807) is 0 Å². The smallest absolute Gasteiger partial charge is 0.0429 e. The molecule has 0 saturated carbocycles. The number of benzene rings is 2. The molecule has 0 amide bonds. The highest BCUT2D eigenvalue weighted by molar-refractivity contribution is 5.62. The molecular formula is C16H20N2. The highest BCUT2D eigenvalue weighted by atomic mass is 14.9. The van der Waals surface area contributed by atoms with Crippen molar-refractivity contribution in [1.29, 1.82) is 0 Å². The highest BCUT2D eigenvalue weighted by Crippen LogP contribution is 2.20. The Morgan fingerprint density at radius 1 is 0.889 bits per heavy atom. The summed E-state index contributed by atoms with van der Waals surface area (Å²) in [6, 6.07) is 19.2. The molecule has 0 unspecified atom stereocenters. The van der Waals surface area contributed by atoms with Crippen molar-refractivity contribution >= 4 is 11.4 Å². The third-order valence-corrected chi connectivity index (χ3v) is 2.77. The lowest BCUT2D eigenvalue weighted by Crippen LogP contribution is -2.22. The summed E-state index contributed by atoms with van der Waals surface area (Å²) in [5.41, 5.74) is 3.57. The van der Waals surface area contributed by atoms with E-state index in [1.807, 2.05) is 18.2 Å². The maximum absolute atomic E-state index is 3.46. The predicted molar refractivity (Wildman–Crippen MR) is 78.1 cm³/mol. The van der Waals surface area contributed by atoms with Crippen LogP contribution in [-0.2, 0) is 6.54 Å². The van der Waals surface area contributed by atoms with Crippen molar-refractivity contribution in [3.63, 3.8) is 0 Å². The van der Waals surface area contributed by atoms with Gasteiger partial charge >= 0.3 is 0 Å². The Balaban J connectivity index is 2.12. The van der Waals surface area contributed by atoms with E-state index in [4.69, 9.17) is 0 Å². The minimum atomic E-state index is 0.495. The average Bonchev–Trinajstić information content (AvgIpc) is 2.39. The number of nitrogens with one attached hydrogen (secondary N) is 2. The summed E-state index contributed by atoms with van der Waals surface area (Å²) in [5, 5.41) is 6.90. The fraction of sp³-hybridized carbons (Fsp3) is 0.250. The van der Waals surface area contributed by atoms with Gasteiger partial charge in [-0.2, -0.15) is 0 Å². The highest BCUT2D eigenvalue weighted by Gasteiger charge is 2.02. The van der Waals surface area contributed by atoms with Gasteiger partial charge in [-0.3, -0.25) is 0 Å². The first kappa shape index (κ1) is 12.7. The van der Waals surface area contributed by atoms with Crippen LogP contribution in [0.2, 0.25) is 0 Å². The van der Waals surface area contributed by atoms with E-state index in [9.17, 15) is 0 Å². The molecule has 2 rings (SSSR count). The number of rotatable bonds is 5. The first-order chi connectivity index (χ1) is 8.75. The van der Waals surface area contributed by atoms with Gasteiger partial charge in [0.1, 0.15) is 0 Å². The molecule has 2 nitrogen and oxygen atoms in total. The van der Waals surface area contributed by atoms with Gasteiger partial charge in [0.05, 0.1) is 0 Å². The second-order valence-corrected chi connectivity index (χ2v) is 4.68. The molecular weight excluding hydrogens is 220 g/mol. The number of anilines is 2. The first-order valence-corrected chi connectivity index (χ1v) is 6.39. The van der Waals surface area contributed by atoms with E-state index in [2.05, 4.69) is 60.9 Å². The molecule has 0 bridgehead atoms. The average molecular weight is 240 g/mol. The molecule has 0 spiro atoms. The van der Waals surface area contributed by atoms with E-state index < -0.39 is 0 Å². The summed E-state index contributed by atoms with van der Waals surface area (Å²) in [6.45, 7) is 5.20. The fourth-order valence-electron chi connectivity index (χ4n) is 1.79. The zero-order valence-corrected chi connectivity index (χ0v) is 11.0. The summed E-state index contributed by atoms with van der Waals surface area (Å²) in [7, 11) is 0. The van der Waals surface area contributed by atoms with Gasteiger partial charge in [-0.25, -0.2) is 0 Å². The van der Waals surface area contributed by atoms with Gasteiger partial charge in [0.2, 0.25) is 0 Å². The van der Waals surface area contributed by atoms with Gasteiger partial charge in [-0.1, -0.05) is 50.2 Å². The Hall–Kier alpha value is -1.80. The lowest BCUT2D eigenvalue weighted by atomic mass is 10.1. The van der Waals surface area contributed by atoms with Crippen LogP contribution in [0.1, 0.15) is 19.4 Å². The minimum Gasteiger partial charge on any atom is -0.355 e. The van der Waals surface area contributed by atoms with Crippen molar-refractivity contribution in [1.82, 2.24) is 5.32 Å². The number of hydrogen-bond acceptors (Lipinski definition) is 2. The Kier molecular flexibility index (Phi) is 4.37. The van der Waals surface area contributed by atoms with Gasteiger partial charge in [-0.15, -0.1) is 0 Å². The molecule has 0 aromatic heterocycles. The van der Waals surface area contributed by atoms with Crippen LogP contribution in [0, 0.1) is 0 Å². The lowest BCUT2D eigenvalue weighted by Gasteiger charge is -2.14. The Bertz CT molecular complexity index is 477. The monoisotopic (exact) mass is 240 g/mol. The molecule has 94 valence electrons. The Morgan fingerprint density at radius 2 is 1.56 bits per heavy atom. The molecule has 0 fully saturated rings. The van der Waals surface area contributed by atoms with Gasteiger partial charge in [0.15, 0.2) is 0 Å². The maximum atomic E-state index is 3.46. The third kappa shape index (κ3) is 3.60. The van der Waals surface area contributed by atoms with E-state index in [0.29, 0.717) is 6.04 Å². The molecule has 2 aromatic rings. The maximum Gasteiger partial charge on any atom is 0.0429 e. The van der Waals surface area contributed by atoms with E-state index in [0.717, 1.165) is 17.9 Å². The summed E-state index contributed by atoms with van der Waals surface area (Å²) in [4.78, 5) is 0. The molecule has 2 aromatic carbocycles. The summed E-state index contributed by atoms with van der Waals surface area (Å²) < 4.78 is 0. The van der Waals surface area contributed by atoms with Crippen LogP contribution in [0.5, 0.6) is 0 Å². The fourth-order valence-corrected chi connectivity index (χ4v) is 1.79. The van der Waals surface area contributed by atoms with Crippen LogP contribution in [0.25, 0.3) is 0 Å². The van der Waals surface area contributed by atoms with Crippen LogP contribution in [0.4, 0.5) is 11.4 Å². The van der Waals surface area contributed by atoms with Crippen molar-refractivity contribution in [2.24, 2.45) is 0 Å². The van der Waals surface area contributed by atoms with Crippen LogP contribution >= 0.6 is 0 Å². The van der Waals surface area contributed by atoms with Crippen LogP contribution in [0.15, 0.2) is 54.6 Å². The standard InChI is InChI=1S/C16H20N2/c1-13(2)17-12-14-8-6-7-11-16(14)18-15-9-4-3-5-10-15/h3-11,13,17-18H,12H2,1-2H3. The second-order valence-electron chi connectivity index (χ2n) is 4.68. The Morgan fingerprint density at radius 3 is 2.28 bits per heavy atom. The van der Waals surface area contributed by atoms with Crippen molar-refractivity contribution < 1.29 is 0 Å². The van der Waals surface area contributed by atoms with Crippen LogP contribution < -0.4 is 10.6 Å². The molecule has 0 saturated heterocycles. The van der Waals surface area contributed by atoms with Crippen molar-refractivity contribution in [2.75, 3.05) is 5.32 Å². The third-order valence-electron chi connectivity index (χ3n) is 2.77. The largest absolute Gasteiger partial charge is 0.355 e. The van der Waals surface area contributed by atoms with E-state index in [-0.39, 0.29) is 0 Å². The minimum absolute atomic E-state index is 0.495. The molecule has 0 heterocycles. The number of hydrogen-bond donors (Lipinski definition) is 2. The molecule has 0 aliphatic carbocycles. The molecule has 18 heavy (non-hydrogen) atoms. The van der Waals surface area contributed by atoms with Crippen molar-refractivity contribution in [2.45, 2.75) is 26.4 Å². The number of para-hydroxylation sites is 2.